The van der Waals surface area contributed by atoms with Gasteiger partial charge in [-0.3, -0.25) is 0 Å². The van der Waals surface area contributed by atoms with Crippen molar-refractivity contribution in [3.8, 4) is 21.7 Å². The fourth-order valence-electron chi connectivity index (χ4n) is 3.00. The van der Waals surface area contributed by atoms with Gasteiger partial charge in [0.15, 0.2) is 14.2 Å². The van der Waals surface area contributed by atoms with Gasteiger partial charge in [0.2, 0.25) is 0 Å². The lowest BCUT2D eigenvalue weighted by atomic mass is 10.1. The summed E-state index contributed by atoms with van der Waals surface area (Å²) in [5.74, 6) is -0.352. The molecule has 0 radical (unpaired) electrons. The van der Waals surface area contributed by atoms with E-state index in [1.165, 1.54) is 41.5 Å². The van der Waals surface area contributed by atoms with Crippen molar-refractivity contribution in [2.24, 2.45) is 0 Å². The highest BCUT2D eigenvalue weighted by atomic mass is 35.5. The summed E-state index contributed by atoms with van der Waals surface area (Å²) in [4.78, 5) is 6.48. The Kier molecular flexibility index (Phi) is 6.42. The van der Waals surface area contributed by atoms with Crippen molar-refractivity contribution in [2.45, 2.75) is 14.1 Å². The molecule has 31 heavy (non-hydrogen) atoms. The Labute approximate surface area is 197 Å². The molecule has 9 heteroatoms. The van der Waals surface area contributed by atoms with Gasteiger partial charge in [-0.2, -0.15) is 0 Å². The van der Waals surface area contributed by atoms with Crippen LogP contribution in [0.4, 0.5) is 4.39 Å². The fourth-order valence-corrected chi connectivity index (χ4v) is 6.78. The van der Waals surface area contributed by atoms with Crippen molar-refractivity contribution in [2.75, 3.05) is 6.26 Å². The molecule has 0 amide bonds. The van der Waals surface area contributed by atoms with Crippen LogP contribution in [0.2, 0.25) is 10.0 Å². The van der Waals surface area contributed by atoms with Crippen molar-refractivity contribution in [1.29, 1.82) is 0 Å². The lowest BCUT2D eigenvalue weighted by molar-refractivity contribution is 0.602. The summed E-state index contributed by atoms with van der Waals surface area (Å²) in [6, 6.07) is 18.0. The first-order valence-electron chi connectivity index (χ1n) is 8.91. The highest BCUT2D eigenvalue weighted by molar-refractivity contribution is 8.01. The summed E-state index contributed by atoms with van der Waals surface area (Å²) in [6.45, 7) is 0. The zero-order chi connectivity index (χ0) is 22.2. The van der Waals surface area contributed by atoms with E-state index >= 15 is 0 Å². The molecule has 0 saturated carbocycles. The van der Waals surface area contributed by atoms with Crippen molar-refractivity contribution in [3.63, 3.8) is 0 Å². The number of halogens is 3. The number of hydrogen-bond acceptors (Lipinski definition) is 5. The molecule has 0 bridgehead atoms. The maximum atomic E-state index is 13.5. The summed E-state index contributed by atoms with van der Waals surface area (Å²) in [5, 5.41) is 1.01. The van der Waals surface area contributed by atoms with Crippen LogP contribution in [0.15, 0.2) is 80.9 Å². The number of aromatic nitrogens is 1. The topological polar surface area (TPSA) is 47.0 Å². The molecule has 158 valence electrons. The van der Waals surface area contributed by atoms with Gasteiger partial charge in [-0.05, 0) is 42.0 Å². The summed E-state index contributed by atoms with van der Waals surface area (Å²) in [5.41, 5.74) is 1.76. The molecule has 0 N–H and O–H groups in total. The van der Waals surface area contributed by atoms with E-state index in [0.29, 0.717) is 25.6 Å². The average Bonchev–Trinajstić information content (AvgIpc) is 3.10. The van der Waals surface area contributed by atoms with Crippen molar-refractivity contribution in [1.82, 2.24) is 4.98 Å². The molecule has 0 saturated heterocycles. The first-order chi connectivity index (χ1) is 14.7. The second-order valence-electron chi connectivity index (χ2n) is 6.64. The molecule has 1 aromatic heterocycles. The lowest BCUT2D eigenvalue weighted by Gasteiger charge is -2.08. The Morgan fingerprint density at radius 3 is 2.26 bits per heavy atom. The summed E-state index contributed by atoms with van der Waals surface area (Å²) in [7, 11) is -3.49. The maximum Gasteiger partial charge on any atom is 0.176 e. The van der Waals surface area contributed by atoms with Crippen LogP contribution < -0.4 is 0 Å². The van der Waals surface area contributed by atoms with Crippen LogP contribution in [-0.4, -0.2) is 19.7 Å². The Hall–Kier alpha value is -1.90. The molecule has 0 fully saturated rings. The lowest BCUT2D eigenvalue weighted by Crippen LogP contribution is -2.00. The van der Waals surface area contributed by atoms with E-state index in [1.54, 1.807) is 54.6 Å². The standard InChI is InChI=1S/C22H14Cl2FNO2S3/c1-31(27,28)19-5-3-2-4-18(19)20-21(13-6-8-16(25)9-7-13)30-22(26-20)29-17-11-14(23)10-15(24)12-17/h2-12H,1H3. The zero-order valence-electron chi connectivity index (χ0n) is 16.0. The van der Waals surface area contributed by atoms with Gasteiger partial charge in [-0.25, -0.2) is 17.8 Å². The van der Waals surface area contributed by atoms with E-state index in [0.717, 1.165) is 15.3 Å². The molecule has 3 aromatic carbocycles. The second kappa shape index (κ2) is 8.92. The van der Waals surface area contributed by atoms with Gasteiger partial charge < -0.3 is 0 Å². The summed E-state index contributed by atoms with van der Waals surface area (Å²) >= 11 is 15.0. The third-order valence-corrected chi connectivity index (χ3v) is 8.02. The van der Waals surface area contributed by atoms with Crippen LogP contribution in [0, 0.1) is 5.82 Å². The van der Waals surface area contributed by atoms with Crippen LogP contribution in [0.25, 0.3) is 21.7 Å². The highest BCUT2D eigenvalue weighted by Crippen LogP contribution is 2.44. The minimum Gasteiger partial charge on any atom is -0.229 e. The van der Waals surface area contributed by atoms with Gasteiger partial charge in [-0.1, -0.05) is 65.3 Å². The molecule has 0 atom stereocenters. The van der Waals surface area contributed by atoms with Gasteiger partial charge in [0, 0.05) is 26.8 Å². The first kappa shape index (κ1) is 22.3. The second-order valence-corrected chi connectivity index (χ2v) is 11.8. The molecular formula is C22H14Cl2FNO2S3. The van der Waals surface area contributed by atoms with Crippen LogP contribution >= 0.6 is 46.3 Å². The van der Waals surface area contributed by atoms with Gasteiger partial charge in [0.1, 0.15) is 5.82 Å². The van der Waals surface area contributed by atoms with Gasteiger partial charge >= 0.3 is 0 Å². The number of rotatable bonds is 5. The van der Waals surface area contributed by atoms with Crippen LogP contribution in [0.3, 0.4) is 0 Å². The van der Waals surface area contributed by atoms with E-state index in [1.807, 2.05) is 0 Å². The third-order valence-electron chi connectivity index (χ3n) is 4.30. The molecule has 3 nitrogen and oxygen atoms in total. The van der Waals surface area contributed by atoms with E-state index < -0.39 is 9.84 Å². The van der Waals surface area contributed by atoms with Gasteiger partial charge in [0.05, 0.1) is 15.5 Å². The molecular weight excluding hydrogens is 496 g/mol. The zero-order valence-corrected chi connectivity index (χ0v) is 19.9. The number of benzene rings is 3. The van der Waals surface area contributed by atoms with Crippen LogP contribution in [0.1, 0.15) is 0 Å². The summed E-state index contributed by atoms with van der Waals surface area (Å²) < 4.78 is 38.9. The Morgan fingerprint density at radius 1 is 0.968 bits per heavy atom. The van der Waals surface area contributed by atoms with E-state index in [-0.39, 0.29) is 10.7 Å². The SMILES string of the molecule is CS(=O)(=O)c1ccccc1-c1nc(Sc2cc(Cl)cc(Cl)c2)sc1-c1ccc(F)cc1. The van der Waals surface area contributed by atoms with Gasteiger partial charge in [-0.15, -0.1) is 11.3 Å². The maximum absolute atomic E-state index is 13.5. The minimum atomic E-state index is -3.49. The predicted molar refractivity (Wildman–Crippen MR) is 127 cm³/mol. The van der Waals surface area contributed by atoms with E-state index in [4.69, 9.17) is 28.2 Å². The number of sulfone groups is 1. The van der Waals surface area contributed by atoms with Crippen molar-refractivity contribution in [3.05, 3.63) is 82.6 Å². The molecule has 0 aliphatic carbocycles. The van der Waals surface area contributed by atoms with Gasteiger partial charge in [0.25, 0.3) is 0 Å². The van der Waals surface area contributed by atoms with E-state index in [2.05, 4.69) is 0 Å². The van der Waals surface area contributed by atoms with Crippen molar-refractivity contribution < 1.29 is 12.8 Å². The molecule has 0 spiro atoms. The number of thiazole rings is 1. The first-order valence-corrected chi connectivity index (χ1v) is 13.2. The predicted octanol–water partition coefficient (Wildman–Crippen LogP) is 7.48. The highest BCUT2D eigenvalue weighted by Gasteiger charge is 2.22. The normalized spacial score (nSPS) is 11.6. The minimum absolute atomic E-state index is 0.186. The fraction of sp³-hybridized carbons (Fsp3) is 0.0455. The summed E-state index contributed by atoms with van der Waals surface area (Å²) in [6.07, 6.45) is 1.17. The molecule has 4 aromatic rings. The smallest absolute Gasteiger partial charge is 0.176 e. The molecule has 4 rings (SSSR count). The third kappa shape index (κ3) is 5.13. The van der Waals surface area contributed by atoms with Crippen molar-refractivity contribution >= 4 is 56.1 Å². The Bertz CT molecular complexity index is 1350. The number of nitrogens with zero attached hydrogens (tertiary/aromatic N) is 1. The van der Waals surface area contributed by atoms with Crippen LogP contribution in [0.5, 0.6) is 0 Å². The molecule has 0 aliphatic rings. The number of hydrogen-bond donors (Lipinski definition) is 0. The molecule has 0 aliphatic heterocycles. The Balaban J connectivity index is 1.89. The monoisotopic (exact) mass is 509 g/mol. The quantitative estimate of drug-likeness (QED) is 0.279. The Morgan fingerprint density at radius 2 is 1.61 bits per heavy atom. The molecule has 0 unspecified atom stereocenters. The van der Waals surface area contributed by atoms with E-state index in [9.17, 15) is 12.8 Å². The molecule has 1 heterocycles. The largest absolute Gasteiger partial charge is 0.229 e. The van der Waals surface area contributed by atoms with Crippen LogP contribution in [-0.2, 0) is 9.84 Å². The average molecular weight is 510 g/mol.